The average Bonchev–Trinajstić information content (AvgIpc) is 2.67. The van der Waals surface area contributed by atoms with Crippen LogP contribution >= 0.6 is 0 Å². The molecule has 1 aromatic heterocycles. The van der Waals surface area contributed by atoms with Crippen molar-refractivity contribution in [2.75, 3.05) is 0 Å². The predicted molar refractivity (Wildman–Crippen MR) is 59.4 cm³/mol. The Kier molecular flexibility index (Phi) is 4.68. The number of furan rings is 1. The van der Waals surface area contributed by atoms with Crippen molar-refractivity contribution in [3.8, 4) is 0 Å². The highest BCUT2D eigenvalue weighted by molar-refractivity contribution is 5.76. The Balaban J connectivity index is 2.26. The number of hydrogen-bond donors (Lipinski definition) is 1. The summed E-state index contributed by atoms with van der Waals surface area (Å²) in [5, 5.41) is 2.92. The van der Waals surface area contributed by atoms with Gasteiger partial charge in [-0.1, -0.05) is 6.08 Å². The summed E-state index contributed by atoms with van der Waals surface area (Å²) in [6, 6.07) is 2.05. The Morgan fingerprint density at radius 3 is 3.13 bits per heavy atom. The maximum absolute atomic E-state index is 11.4. The van der Waals surface area contributed by atoms with Crippen LogP contribution in [-0.4, -0.2) is 11.9 Å². The van der Waals surface area contributed by atoms with E-state index in [-0.39, 0.29) is 11.9 Å². The first-order valence-electron chi connectivity index (χ1n) is 5.13. The largest absolute Gasteiger partial charge is 0.472 e. The molecule has 0 aliphatic heterocycles. The summed E-state index contributed by atoms with van der Waals surface area (Å²) >= 11 is 0. The van der Waals surface area contributed by atoms with Gasteiger partial charge in [-0.25, -0.2) is 0 Å². The summed E-state index contributed by atoms with van der Waals surface area (Å²) < 4.78 is 4.96. The minimum absolute atomic E-state index is 0.0749. The van der Waals surface area contributed by atoms with Crippen molar-refractivity contribution >= 4 is 5.91 Å². The molecule has 0 aromatic carbocycles. The highest BCUT2D eigenvalue weighted by Gasteiger charge is 2.07. The summed E-state index contributed by atoms with van der Waals surface area (Å²) in [4.78, 5) is 11.4. The van der Waals surface area contributed by atoms with Crippen LogP contribution in [0.3, 0.4) is 0 Å². The topological polar surface area (TPSA) is 42.2 Å². The number of allylic oxidation sites excluding steroid dienone is 1. The monoisotopic (exact) mass is 207 g/mol. The van der Waals surface area contributed by atoms with E-state index < -0.39 is 0 Å². The highest BCUT2D eigenvalue weighted by atomic mass is 16.3. The molecule has 0 saturated heterocycles. The van der Waals surface area contributed by atoms with Crippen LogP contribution in [0.1, 0.15) is 25.3 Å². The molecule has 15 heavy (non-hydrogen) atoms. The second kappa shape index (κ2) is 6.06. The van der Waals surface area contributed by atoms with E-state index in [4.69, 9.17) is 4.42 Å². The molecule has 3 heteroatoms. The fraction of sp³-hybridized carbons (Fsp3) is 0.417. The zero-order chi connectivity index (χ0) is 11.1. The lowest BCUT2D eigenvalue weighted by molar-refractivity contribution is -0.121. The number of nitrogens with one attached hydrogen (secondary N) is 1. The molecular formula is C12H17NO2. The zero-order valence-corrected chi connectivity index (χ0v) is 9.03. The van der Waals surface area contributed by atoms with E-state index >= 15 is 0 Å². The van der Waals surface area contributed by atoms with Crippen molar-refractivity contribution in [2.24, 2.45) is 0 Å². The lowest BCUT2D eigenvalue weighted by atomic mass is 10.1. The molecule has 1 amide bonds. The number of carbonyl (C=O) groups excluding carboxylic acids is 1. The molecule has 0 bridgehead atoms. The number of rotatable bonds is 6. The molecular weight excluding hydrogens is 190 g/mol. The van der Waals surface area contributed by atoms with E-state index in [0.29, 0.717) is 6.42 Å². The first-order chi connectivity index (χ1) is 7.22. The van der Waals surface area contributed by atoms with Crippen molar-refractivity contribution in [1.29, 1.82) is 0 Å². The van der Waals surface area contributed by atoms with E-state index in [1.165, 1.54) is 0 Å². The Labute approximate surface area is 90.2 Å². The Morgan fingerprint density at radius 1 is 1.73 bits per heavy atom. The third-order valence-electron chi connectivity index (χ3n) is 2.10. The smallest absolute Gasteiger partial charge is 0.220 e. The van der Waals surface area contributed by atoms with Gasteiger partial charge < -0.3 is 9.73 Å². The maximum atomic E-state index is 11.4. The van der Waals surface area contributed by atoms with Crippen LogP contribution in [0, 0.1) is 0 Å². The van der Waals surface area contributed by atoms with E-state index in [2.05, 4.69) is 11.9 Å². The molecule has 1 aromatic rings. The molecule has 1 rings (SSSR count). The van der Waals surface area contributed by atoms with Gasteiger partial charge in [0.2, 0.25) is 5.91 Å². The molecule has 0 saturated carbocycles. The number of hydrogen-bond acceptors (Lipinski definition) is 2. The number of carbonyl (C=O) groups is 1. The van der Waals surface area contributed by atoms with Gasteiger partial charge in [-0.15, -0.1) is 6.58 Å². The van der Waals surface area contributed by atoms with Gasteiger partial charge >= 0.3 is 0 Å². The molecule has 0 radical (unpaired) electrons. The van der Waals surface area contributed by atoms with Crippen LogP contribution < -0.4 is 5.32 Å². The second-order valence-electron chi connectivity index (χ2n) is 3.63. The van der Waals surface area contributed by atoms with E-state index in [0.717, 1.165) is 18.4 Å². The lowest BCUT2D eigenvalue weighted by Crippen LogP contribution is -2.33. The second-order valence-corrected chi connectivity index (χ2v) is 3.63. The van der Waals surface area contributed by atoms with Gasteiger partial charge in [-0.3, -0.25) is 4.79 Å². The molecule has 1 heterocycles. The van der Waals surface area contributed by atoms with Crippen LogP contribution in [-0.2, 0) is 11.2 Å². The van der Waals surface area contributed by atoms with Crippen molar-refractivity contribution < 1.29 is 9.21 Å². The Hall–Kier alpha value is -1.51. The summed E-state index contributed by atoms with van der Waals surface area (Å²) in [7, 11) is 0. The Morgan fingerprint density at radius 2 is 2.53 bits per heavy atom. The van der Waals surface area contributed by atoms with Crippen LogP contribution in [0.2, 0.25) is 0 Å². The predicted octanol–water partition coefficient (Wildman–Crippen LogP) is 2.29. The quantitative estimate of drug-likeness (QED) is 0.727. The molecule has 0 aliphatic carbocycles. The standard InChI is InChI=1S/C12H17NO2/c1-3-4-5-12(14)13-10(2)8-11-6-7-15-9-11/h3,6-7,9-10H,1,4-5,8H2,2H3,(H,13,14)/t10-/m0/s1. The van der Waals surface area contributed by atoms with Gasteiger partial charge in [0.05, 0.1) is 12.5 Å². The highest BCUT2D eigenvalue weighted by Crippen LogP contribution is 2.04. The normalized spacial score (nSPS) is 12.1. The van der Waals surface area contributed by atoms with Crippen LogP contribution in [0.25, 0.3) is 0 Å². The molecule has 1 N–H and O–H groups in total. The third kappa shape index (κ3) is 4.49. The Bertz CT molecular complexity index is 303. The van der Waals surface area contributed by atoms with Crippen molar-refractivity contribution in [2.45, 2.75) is 32.2 Å². The van der Waals surface area contributed by atoms with E-state index in [1.807, 2.05) is 13.0 Å². The van der Waals surface area contributed by atoms with Crippen LogP contribution in [0.5, 0.6) is 0 Å². The van der Waals surface area contributed by atoms with Gasteiger partial charge in [0.25, 0.3) is 0 Å². The minimum Gasteiger partial charge on any atom is -0.472 e. The molecule has 3 nitrogen and oxygen atoms in total. The summed E-state index contributed by atoms with van der Waals surface area (Å²) in [5.74, 6) is 0.0749. The van der Waals surface area contributed by atoms with Crippen molar-refractivity contribution in [1.82, 2.24) is 5.32 Å². The third-order valence-corrected chi connectivity index (χ3v) is 2.10. The molecule has 0 spiro atoms. The first-order valence-corrected chi connectivity index (χ1v) is 5.13. The average molecular weight is 207 g/mol. The number of amides is 1. The summed E-state index contributed by atoms with van der Waals surface area (Å²) in [5.41, 5.74) is 1.10. The van der Waals surface area contributed by atoms with Crippen LogP contribution in [0.4, 0.5) is 0 Å². The van der Waals surface area contributed by atoms with Gasteiger partial charge in [0, 0.05) is 12.5 Å². The fourth-order valence-corrected chi connectivity index (χ4v) is 1.39. The van der Waals surface area contributed by atoms with Gasteiger partial charge in [-0.2, -0.15) is 0 Å². The molecule has 1 atom stereocenters. The van der Waals surface area contributed by atoms with Gasteiger partial charge in [-0.05, 0) is 31.4 Å². The lowest BCUT2D eigenvalue weighted by Gasteiger charge is -2.12. The van der Waals surface area contributed by atoms with E-state index in [1.54, 1.807) is 18.6 Å². The maximum Gasteiger partial charge on any atom is 0.220 e. The molecule has 0 aliphatic rings. The molecule has 0 fully saturated rings. The van der Waals surface area contributed by atoms with Crippen LogP contribution in [0.15, 0.2) is 35.7 Å². The van der Waals surface area contributed by atoms with Gasteiger partial charge in [0.15, 0.2) is 0 Å². The van der Waals surface area contributed by atoms with Gasteiger partial charge in [0.1, 0.15) is 0 Å². The minimum atomic E-state index is 0.0749. The van der Waals surface area contributed by atoms with E-state index in [9.17, 15) is 4.79 Å². The van der Waals surface area contributed by atoms with Crippen molar-refractivity contribution in [3.05, 3.63) is 36.8 Å². The first kappa shape index (κ1) is 11.6. The van der Waals surface area contributed by atoms with Crippen molar-refractivity contribution in [3.63, 3.8) is 0 Å². The summed E-state index contributed by atoms with van der Waals surface area (Å²) in [6.45, 7) is 5.57. The SMILES string of the molecule is C=CCCC(=O)N[C@@H](C)Cc1ccoc1. The fourth-order valence-electron chi connectivity index (χ4n) is 1.39. The molecule has 0 unspecified atom stereocenters. The molecule has 82 valence electrons. The zero-order valence-electron chi connectivity index (χ0n) is 9.03. The summed E-state index contributed by atoms with van der Waals surface area (Å²) in [6.07, 6.45) is 7.13.